The second-order valence-corrected chi connectivity index (χ2v) is 9.58. The molecule has 0 bridgehead atoms. The summed E-state index contributed by atoms with van der Waals surface area (Å²) in [6.45, 7) is 6.26. The standard InChI is InChI=1S/C28H29N3O3/c1-20(21-9-11-22(12-10-21)23-13-15-30-25(32)17-23)31-16-14-28(34-26(31)33,18-27(2,3)19-29)24-7-5-4-6-8-24/h4-13,15,17,20H,14,16,18H2,1-3H3,(H,30,32)/t20-,28+/m0/s1. The van der Waals surface area contributed by atoms with Gasteiger partial charge in [-0.25, -0.2) is 4.79 Å². The SMILES string of the molecule is C[C@@H](c1ccc(-c2cc[nH]c(=O)c2)cc1)N1CC[C@@](CC(C)(C)C#N)(c2ccccc2)OC1=O. The van der Waals surface area contributed by atoms with Crippen LogP contribution in [-0.4, -0.2) is 22.5 Å². The van der Waals surface area contributed by atoms with Crippen LogP contribution in [0.3, 0.4) is 0 Å². The van der Waals surface area contributed by atoms with Gasteiger partial charge in [-0.2, -0.15) is 5.26 Å². The largest absolute Gasteiger partial charge is 0.438 e. The number of aromatic amines is 1. The second-order valence-electron chi connectivity index (χ2n) is 9.58. The third-order valence-electron chi connectivity index (χ3n) is 6.57. The van der Waals surface area contributed by atoms with Gasteiger partial charge < -0.3 is 14.6 Å². The normalized spacial score (nSPS) is 19.2. The molecule has 0 saturated carbocycles. The van der Waals surface area contributed by atoms with Gasteiger partial charge in [-0.3, -0.25) is 4.79 Å². The number of H-pyrrole nitrogens is 1. The summed E-state index contributed by atoms with van der Waals surface area (Å²) in [5.41, 5.74) is 2.05. The summed E-state index contributed by atoms with van der Waals surface area (Å²) in [5, 5.41) is 9.64. The van der Waals surface area contributed by atoms with Gasteiger partial charge in [0.05, 0.1) is 17.5 Å². The highest BCUT2D eigenvalue weighted by molar-refractivity contribution is 5.70. The summed E-state index contributed by atoms with van der Waals surface area (Å²) in [6, 6.07) is 23.2. The molecule has 1 N–H and O–H groups in total. The van der Waals surface area contributed by atoms with E-state index >= 15 is 0 Å². The Hall–Kier alpha value is -3.85. The zero-order valence-corrected chi connectivity index (χ0v) is 19.7. The van der Waals surface area contributed by atoms with Gasteiger partial charge in [0.15, 0.2) is 0 Å². The molecule has 3 aromatic rings. The van der Waals surface area contributed by atoms with Crippen LogP contribution in [0.5, 0.6) is 0 Å². The minimum atomic E-state index is -0.835. The Labute approximate surface area is 199 Å². The maximum atomic E-state index is 13.3. The first-order chi connectivity index (χ1) is 16.2. The van der Waals surface area contributed by atoms with Gasteiger partial charge >= 0.3 is 6.09 Å². The molecule has 1 fully saturated rings. The topological polar surface area (TPSA) is 86.2 Å². The van der Waals surface area contributed by atoms with Gasteiger partial charge in [0.2, 0.25) is 5.56 Å². The van der Waals surface area contributed by atoms with Crippen LogP contribution >= 0.6 is 0 Å². The van der Waals surface area contributed by atoms with Crippen molar-refractivity contribution in [3.63, 3.8) is 0 Å². The fourth-order valence-corrected chi connectivity index (χ4v) is 4.70. The Kier molecular flexibility index (Phi) is 6.30. The molecular formula is C28H29N3O3. The Balaban J connectivity index is 1.55. The number of amides is 1. The van der Waals surface area contributed by atoms with Crippen LogP contribution in [0, 0.1) is 16.7 Å². The summed E-state index contributed by atoms with van der Waals surface area (Å²) < 4.78 is 6.16. The first-order valence-corrected chi connectivity index (χ1v) is 11.5. The van der Waals surface area contributed by atoms with E-state index in [1.54, 1.807) is 17.2 Å². The van der Waals surface area contributed by atoms with Crippen LogP contribution in [0.4, 0.5) is 4.79 Å². The number of hydrogen-bond acceptors (Lipinski definition) is 4. The predicted molar refractivity (Wildman–Crippen MR) is 131 cm³/mol. The minimum Gasteiger partial charge on any atom is -0.438 e. The summed E-state index contributed by atoms with van der Waals surface area (Å²) in [7, 11) is 0. The van der Waals surface area contributed by atoms with E-state index in [0.717, 1.165) is 22.3 Å². The highest BCUT2D eigenvalue weighted by atomic mass is 16.6. The third-order valence-corrected chi connectivity index (χ3v) is 6.57. The molecule has 34 heavy (non-hydrogen) atoms. The summed E-state index contributed by atoms with van der Waals surface area (Å²) >= 11 is 0. The van der Waals surface area contributed by atoms with Crippen LogP contribution in [0.1, 0.15) is 50.8 Å². The number of nitrogens with one attached hydrogen (secondary N) is 1. The third kappa shape index (κ3) is 4.74. The number of benzene rings is 2. The summed E-state index contributed by atoms with van der Waals surface area (Å²) in [5.74, 6) is 0. The minimum absolute atomic E-state index is 0.146. The van der Waals surface area contributed by atoms with E-state index in [1.807, 2.05) is 81.4 Å². The number of rotatable bonds is 6. The van der Waals surface area contributed by atoms with E-state index in [0.29, 0.717) is 19.4 Å². The van der Waals surface area contributed by atoms with Crippen LogP contribution in [-0.2, 0) is 10.3 Å². The van der Waals surface area contributed by atoms with Crippen LogP contribution in [0.25, 0.3) is 11.1 Å². The van der Waals surface area contributed by atoms with Crippen molar-refractivity contribution >= 4 is 6.09 Å². The van der Waals surface area contributed by atoms with Crippen molar-refractivity contribution in [1.82, 2.24) is 9.88 Å². The molecule has 4 rings (SSSR count). The lowest BCUT2D eigenvalue weighted by Crippen LogP contribution is -2.50. The zero-order chi connectivity index (χ0) is 24.3. The molecule has 1 amide bonds. The van der Waals surface area contributed by atoms with E-state index < -0.39 is 11.0 Å². The average Bonchev–Trinajstić information content (AvgIpc) is 2.84. The lowest BCUT2D eigenvalue weighted by Gasteiger charge is -2.45. The van der Waals surface area contributed by atoms with E-state index in [9.17, 15) is 14.9 Å². The molecule has 174 valence electrons. The van der Waals surface area contributed by atoms with E-state index in [2.05, 4.69) is 11.1 Å². The molecule has 0 aliphatic carbocycles. The number of hydrogen-bond donors (Lipinski definition) is 1. The van der Waals surface area contributed by atoms with Crippen molar-refractivity contribution in [2.75, 3.05) is 6.54 Å². The van der Waals surface area contributed by atoms with Crippen molar-refractivity contribution in [2.45, 2.75) is 45.3 Å². The number of ether oxygens (including phenoxy) is 1. The molecule has 1 aliphatic heterocycles. The molecule has 1 aromatic heterocycles. The number of cyclic esters (lactones) is 1. The van der Waals surface area contributed by atoms with Crippen molar-refractivity contribution < 1.29 is 9.53 Å². The molecule has 6 heteroatoms. The predicted octanol–water partition coefficient (Wildman–Crippen LogP) is 5.78. The molecule has 2 heterocycles. The van der Waals surface area contributed by atoms with Crippen molar-refractivity contribution in [3.8, 4) is 17.2 Å². The number of pyridine rings is 1. The average molecular weight is 456 g/mol. The first-order valence-electron chi connectivity index (χ1n) is 11.5. The number of carbonyl (C=O) groups is 1. The van der Waals surface area contributed by atoms with Gasteiger partial charge in [0.1, 0.15) is 5.60 Å². The van der Waals surface area contributed by atoms with Crippen LogP contribution < -0.4 is 5.56 Å². The molecule has 0 unspecified atom stereocenters. The Bertz CT molecular complexity index is 1260. The number of nitriles is 1. The number of aromatic nitrogens is 1. The zero-order valence-electron chi connectivity index (χ0n) is 19.7. The fourth-order valence-electron chi connectivity index (χ4n) is 4.70. The second kappa shape index (κ2) is 9.18. The highest BCUT2D eigenvalue weighted by Gasteiger charge is 2.46. The molecular weight excluding hydrogens is 426 g/mol. The van der Waals surface area contributed by atoms with Crippen LogP contribution in [0.2, 0.25) is 0 Å². The van der Waals surface area contributed by atoms with Gasteiger partial charge in [-0.05, 0) is 49.1 Å². The molecule has 2 atom stereocenters. The van der Waals surface area contributed by atoms with Gasteiger partial charge in [-0.1, -0.05) is 54.6 Å². The lowest BCUT2D eigenvalue weighted by atomic mass is 9.75. The molecule has 0 spiro atoms. The molecule has 1 saturated heterocycles. The van der Waals surface area contributed by atoms with Crippen molar-refractivity contribution in [3.05, 3.63) is 94.4 Å². The van der Waals surface area contributed by atoms with Gasteiger partial charge in [0, 0.05) is 31.6 Å². The smallest absolute Gasteiger partial charge is 0.411 e. The van der Waals surface area contributed by atoms with Crippen molar-refractivity contribution in [1.29, 1.82) is 5.26 Å². The lowest BCUT2D eigenvalue weighted by molar-refractivity contribution is -0.0770. The Morgan fingerprint density at radius 2 is 1.79 bits per heavy atom. The Morgan fingerprint density at radius 3 is 2.41 bits per heavy atom. The molecule has 6 nitrogen and oxygen atoms in total. The van der Waals surface area contributed by atoms with Gasteiger partial charge in [0.25, 0.3) is 0 Å². The summed E-state index contributed by atoms with van der Waals surface area (Å²) in [6.07, 6.45) is 2.28. The number of nitrogens with zero attached hydrogens (tertiary/aromatic N) is 2. The van der Waals surface area contributed by atoms with Crippen molar-refractivity contribution in [2.24, 2.45) is 5.41 Å². The maximum Gasteiger partial charge on any atom is 0.411 e. The molecule has 0 radical (unpaired) electrons. The van der Waals surface area contributed by atoms with Crippen LogP contribution in [0.15, 0.2) is 77.7 Å². The van der Waals surface area contributed by atoms with E-state index in [4.69, 9.17) is 4.74 Å². The quantitative estimate of drug-likeness (QED) is 0.510. The maximum absolute atomic E-state index is 13.3. The fraction of sp³-hybridized carbons (Fsp3) is 0.321. The highest BCUT2D eigenvalue weighted by Crippen LogP contribution is 2.44. The monoisotopic (exact) mass is 455 g/mol. The first kappa shape index (κ1) is 23.3. The molecule has 1 aliphatic rings. The van der Waals surface area contributed by atoms with E-state index in [1.165, 1.54) is 0 Å². The molecule has 2 aromatic carbocycles. The summed E-state index contributed by atoms with van der Waals surface area (Å²) in [4.78, 5) is 29.3. The Morgan fingerprint density at radius 1 is 1.09 bits per heavy atom. The van der Waals surface area contributed by atoms with Gasteiger partial charge in [-0.15, -0.1) is 0 Å². The van der Waals surface area contributed by atoms with E-state index in [-0.39, 0.29) is 17.7 Å². The number of carbonyl (C=O) groups excluding carboxylic acids is 1.